The van der Waals surface area contributed by atoms with Gasteiger partial charge >= 0.3 is 0 Å². The van der Waals surface area contributed by atoms with Crippen molar-refractivity contribution < 1.29 is 18.0 Å². The summed E-state index contributed by atoms with van der Waals surface area (Å²) in [5.74, 6) is -3.88. The molecule has 1 heterocycles. The molecule has 1 aromatic heterocycles. The van der Waals surface area contributed by atoms with E-state index in [-0.39, 0.29) is 34.8 Å². The molecule has 154 valence electrons. The van der Waals surface area contributed by atoms with Crippen molar-refractivity contribution in [2.45, 2.75) is 31.2 Å². The highest BCUT2D eigenvalue weighted by molar-refractivity contribution is 7.98. The van der Waals surface area contributed by atoms with Crippen LogP contribution in [0.3, 0.4) is 0 Å². The van der Waals surface area contributed by atoms with Crippen molar-refractivity contribution in [3.05, 3.63) is 46.5 Å². The molecule has 3 N–H and O–H groups in total. The molecule has 0 radical (unpaired) electrons. The fourth-order valence-electron chi connectivity index (χ4n) is 3.17. The molecule has 1 aromatic carbocycles. The molecule has 0 spiro atoms. The minimum atomic E-state index is -2.65. The van der Waals surface area contributed by atoms with Gasteiger partial charge in [-0.1, -0.05) is 11.6 Å². The molecular weight excluding hydrogens is 427 g/mol. The predicted molar refractivity (Wildman–Crippen MR) is 106 cm³/mol. The molecule has 0 unspecified atom stereocenters. The van der Waals surface area contributed by atoms with Gasteiger partial charge in [-0.3, -0.25) is 4.79 Å². The highest BCUT2D eigenvalue weighted by Crippen LogP contribution is 2.46. The standard InChI is InChI=1S/C18H17ClF3N5OS/c1-17(8-18(21,22)9-17)26-29-25-13-7-27(2)15(14(13)19)16(28)24-11-3-4-12(20)10(5-11)6-23/h3-5,7,25-26H,8-9H2,1-2H3,(H,24,28). The lowest BCUT2D eigenvalue weighted by molar-refractivity contribution is -0.120. The zero-order valence-electron chi connectivity index (χ0n) is 15.4. The number of nitrogens with one attached hydrogen (secondary N) is 3. The van der Waals surface area contributed by atoms with Crippen LogP contribution < -0.4 is 14.8 Å². The molecule has 1 aliphatic rings. The summed E-state index contributed by atoms with van der Waals surface area (Å²) in [6.07, 6.45) is 1.06. The van der Waals surface area contributed by atoms with Gasteiger partial charge in [0, 0.05) is 49.4 Å². The summed E-state index contributed by atoms with van der Waals surface area (Å²) in [4.78, 5) is 12.6. The van der Waals surface area contributed by atoms with Crippen molar-refractivity contribution in [2.75, 3.05) is 10.0 Å². The predicted octanol–water partition coefficient (Wildman–Crippen LogP) is 4.69. The number of amides is 1. The summed E-state index contributed by atoms with van der Waals surface area (Å²) in [6, 6.07) is 5.34. The molecule has 3 rings (SSSR count). The van der Waals surface area contributed by atoms with E-state index in [9.17, 15) is 18.0 Å². The van der Waals surface area contributed by atoms with Crippen LogP contribution in [-0.4, -0.2) is 21.9 Å². The first-order chi connectivity index (χ1) is 13.5. The van der Waals surface area contributed by atoms with Gasteiger partial charge in [-0.25, -0.2) is 17.9 Å². The number of anilines is 2. The summed E-state index contributed by atoms with van der Waals surface area (Å²) in [5.41, 5.74) is -0.0819. The van der Waals surface area contributed by atoms with Crippen molar-refractivity contribution in [3.63, 3.8) is 0 Å². The molecule has 0 saturated heterocycles. The van der Waals surface area contributed by atoms with Gasteiger partial charge in [0.05, 0.1) is 16.3 Å². The quantitative estimate of drug-likeness (QED) is 0.564. The molecule has 1 saturated carbocycles. The zero-order valence-corrected chi connectivity index (χ0v) is 17.0. The van der Waals surface area contributed by atoms with E-state index in [2.05, 4.69) is 14.8 Å². The van der Waals surface area contributed by atoms with E-state index in [0.29, 0.717) is 5.69 Å². The van der Waals surface area contributed by atoms with Gasteiger partial charge in [0.25, 0.3) is 11.8 Å². The van der Waals surface area contributed by atoms with Crippen molar-refractivity contribution >= 4 is 41.0 Å². The molecule has 2 aromatic rings. The van der Waals surface area contributed by atoms with Crippen molar-refractivity contribution in [1.29, 1.82) is 5.26 Å². The molecule has 6 nitrogen and oxygen atoms in total. The summed E-state index contributed by atoms with van der Waals surface area (Å²) >= 11 is 7.31. The smallest absolute Gasteiger partial charge is 0.273 e. The number of nitrogens with zero attached hydrogens (tertiary/aromatic N) is 2. The van der Waals surface area contributed by atoms with Crippen LogP contribution in [0, 0.1) is 17.1 Å². The SMILES string of the molecule is Cn1cc(NSNC2(C)CC(F)(F)C2)c(Cl)c1C(=O)Nc1ccc(F)c(C#N)c1. The number of halogens is 4. The van der Waals surface area contributed by atoms with E-state index < -0.39 is 23.2 Å². The molecular formula is C18H17ClF3N5OS. The van der Waals surface area contributed by atoms with Crippen molar-refractivity contribution in [3.8, 4) is 6.07 Å². The molecule has 1 amide bonds. The number of hydrogen-bond acceptors (Lipinski definition) is 5. The van der Waals surface area contributed by atoms with Crippen LogP contribution in [0.5, 0.6) is 0 Å². The maximum atomic E-state index is 13.4. The second-order valence-corrected chi connectivity index (χ2v) is 8.14. The Bertz CT molecular complexity index is 996. The molecule has 0 atom stereocenters. The van der Waals surface area contributed by atoms with E-state index in [0.717, 1.165) is 18.2 Å². The minimum absolute atomic E-state index is 0.131. The first-order valence-corrected chi connectivity index (χ1v) is 9.66. The topological polar surface area (TPSA) is 81.9 Å². The number of nitriles is 1. The Labute approximate surface area is 174 Å². The Kier molecular flexibility index (Phi) is 5.76. The maximum absolute atomic E-state index is 13.4. The molecule has 11 heteroatoms. The van der Waals surface area contributed by atoms with Crippen LogP contribution in [0.15, 0.2) is 24.4 Å². The Balaban J connectivity index is 1.66. The molecule has 29 heavy (non-hydrogen) atoms. The van der Waals surface area contributed by atoms with Gasteiger partial charge in [0.15, 0.2) is 0 Å². The minimum Gasteiger partial charge on any atom is -0.343 e. The number of aryl methyl sites for hydroxylation is 1. The summed E-state index contributed by atoms with van der Waals surface area (Å²) in [7, 11) is 1.61. The largest absolute Gasteiger partial charge is 0.343 e. The van der Waals surface area contributed by atoms with Crippen LogP contribution in [0.2, 0.25) is 5.02 Å². The lowest BCUT2D eigenvalue weighted by Crippen LogP contribution is -2.56. The van der Waals surface area contributed by atoms with E-state index in [1.54, 1.807) is 26.2 Å². The Morgan fingerprint density at radius 1 is 1.38 bits per heavy atom. The van der Waals surface area contributed by atoms with Crippen molar-refractivity contribution in [2.24, 2.45) is 7.05 Å². The van der Waals surface area contributed by atoms with Gasteiger partial charge in [0.2, 0.25) is 0 Å². The van der Waals surface area contributed by atoms with Gasteiger partial charge < -0.3 is 14.6 Å². The lowest BCUT2D eigenvalue weighted by Gasteiger charge is -2.44. The maximum Gasteiger partial charge on any atom is 0.273 e. The fourth-order valence-corrected chi connectivity index (χ4v) is 4.25. The normalized spacial score (nSPS) is 16.6. The number of rotatable bonds is 6. The molecule has 1 fully saturated rings. The zero-order chi connectivity index (χ0) is 21.4. The van der Waals surface area contributed by atoms with Gasteiger partial charge in [-0.15, -0.1) is 0 Å². The second kappa shape index (κ2) is 7.82. The van der Waals surface area contributed by atoms with Gasteiger partial charge in [-0.05, 0) is 25.1 Å². The van der Waals surface area contributed by atoms with Crippen LogP contribution in [0.1, 0.15) is 35.8 Å². The summed E-state index contributed by atoms with van der Waals surface area (Å²) in [5, 5.41) is 11.6. The van der Waals surface area contributed by atoms with E-state index in [4.69, 9.17) is 16.9 Å². The van der Waals surface area contributed by atoms with Crippen LogP contribution in [0.4, 0.5) is 24.5 Å². The van der Waals surface area contributed by atoms with Gasteiger partial charge in [0.1, 0.15) is 17.6 Å². The summed E-state index contributed by atoms with van der Waals surface area (Å²) < 4.78 is 46.9. The Morgan fingerprint density at radius 3 is 2.69 bits per heavy atom. The number of aromatic nitrogens is 1. The number of carbonyl (C=O) groups excluding carboxylic acids is 1. The monoisotopic (exact) mass is 443 g/mol. The summed E-state index contributed by atoms with van der Waals surface area (Å²) in [6.45, 7) is 1.70. The molecule has 1 aliphatic carbocycles. The third kappa shape index (κ3) is 4.63. The highest BCUT2D eigenvalue weighted by atomic mass is 35.5. The van der Waals surface area contributed by atoms with Gasteiger partial charge in [-0.2, -0.15) is 5.26 Å². The first-order valence-electron chi connectivity index (χ1n) is 8.46. The molecule has 0 bridgehead atoms. The van der Waals surface area contributed by atoms with E-state index in [1.807, 2.05) is 0 Å². The number of carbonyl (C=O) groups is 1. The van der Waals surface area contributed by atoms with Crippen LogP contribution in [0.25, 0.3) is 0 Å². The highest BCUT2D eigenvalue weighted by Gasteiger charge is 2.53. The first kappa shape index (κ1) is 21.4. The number of hydrogen-bond donors (Lipinski definition) is 3. The number of alkyl halides is 2. The Morgan fingerprint density at radius 2 is 2.07 bits per heavy atom. The molecule has 0 aliphatic heterocycles. The number of benzene rings is 1. The van der Waals surface area contributed by atoms with E-state index >= 15 is 0 Å². The third-order valence-corrected chi connectivity index (χ3v) is 5.74. The fraction of sp³-hybridized carbons (Fsp3) is 0.333. The Hall–Kier alpha value is -2.35. The average Bonchev–Trinajstić information content (AvgIpc) is 2.88. The van der Waals surface area contributed by atoms with Crippen molar-refractivity contribution in [1.82, 2.24) is 9.29 Å². The third-order valence-electron chi connectivity index (χ3n) is 4.44. The average molecular weight is 444 g/mol. The van der Waals surface area contributed by atoms with E-state index in [1.165, 1.54) is 16.7 Å². The van der Waals surface area contributed by atoms with Crippen LogP contribution >= 0.6 is 23.7 Å². The lowest BCUT2D eigenvalue weighted by atomic mass is 9.76. The van der Waals surface area contributed by atoms with Crippen LogP contribution in [-0.2, 0) is 7.05 Å². The second-order valence-electron chi connectivity index (χ2n) is 7.15.